The van der Waals surface area contributed by atoms with Gasteiger partial charge in [-0.3, -0.25) is 14.5 Å². The Kier molecular flexibility index (Phi) is 2.64. The molecule has 2 amide bonds. The van der Waals surface area contributed by atoms with Gasteiger partial charge in [0.15, 0.2) is 0 Å². The fourth-order valence-electron chi connectivity index (χ4n) is 3.45. The molecule has 2 aliphatic carbocycles. The normalized spacial score (nSPS) is 33.4. The first-order valence-electron chi connectivity index (χ1n) is 6.71. The van der Waals surface area contributed by atoms with Gasteiger partial charge >= 0.3 is 5.97 Å². The van der Waals surface area contributed by atoms with E-state index in [2.05, 4.69) is 0 Å². The van der Waals surface area contributed by atoms with E-state index in [0.29, 0.717) is 6.42 Å². The summed E-state index contributed by atoms with van der Waals surface area (Å²) in [5, 5.41) is 9.38. The molecule has 2 saturated carbocycles. The Morgan fingerprint density at radius 2 is 1.67 bits per heavy atom. The summed E-state index contributed by atoms with van der Waals surface area (Å²) < 4.78 is 0. The van der Waals surface area contributed by atoms with Gasteiger partial charge in [0.25, 0.3) is 0 Å². The Balaban J connectivity index is 1.83. The maximum absolute atomic E-state index is 12.0. The van der Waals surface area contributed by atoms with E-state index in [1.807, 2.05) is 0 Å². The number of carboxylic acids is 1. The van der Waals surface area contributed by atoms with Gasteiger partial charge in [-0.2, -0.15) is 0 Å². The maximum atomic E-state index is 12.0. The minimum absolute atomic E-state index is 0.0540. The number of fused-ring (bicyclic) bond motifs is 1. The molecule has 0 radical (unpaired) electrons. The van der Waals surface area contributed by atoms with Crippen LogP contribution in [0.15, 0.2) is 0 Å². The first-order valence-corrected chi connectivity index (χ1v) is 6.71. The number of hydrogen-bond acceptors (Lipinski definition) is 3. The van der Waals surface area contributed by atoms with E-state index < -0.39 is 12.0 Å². The lowest BCUT2D eigenvalue weighted by atomic mass is 9.83. The first-order chi connectivity index (χ1) is 8.61. The number of carbonyl (C=O) groups excluding carboxylic acids is 2. The summed E-state index contributed by atoms with van der Waals surface area (Å²) in [4.78, 5) is 36.5. The van der Waals surface area contributed by atoms with Crippen LogP contribution in [0.25, 0.3) is 0 Å². The molecule has 0 aromatic rings. The number of imide groups is 1. The Bertz CT molecular complexity index is 393. The lowest BCUT2D eigenvalue weighted by molar-refractivity contribution is -0.158. The molecule has 0 bridgehead atoms. The molecule has 3 aliphatic rings. The second-order valence-corrected chi connectivity index (χ2v) is 5.68. The fraction of sp³-hybridized carbons (Fsp3) is 0.769. The molecule has 1 aliphatic heterocycles. The zero-order valence-corrected chi connectivity index (χ0v) is 10.2. The van der Waals surface area contributed by atoms with E-state index in [4.69, 9.17) is 0 Å². The van der Waals surface area contributed by atoms with Crippen LogP contribution in [0.1, 0.15) is 38.5 Å². The second kappa shape index (κ2) is 4.07. The summed E-state index contributed by atoms with van der Waals surface area (Å²) >= 11 is 0. The Hall–Kier alpha value is -1.39. The first kappa shape index (κ1) is 11.7. The minimum atomic E-state index is -1.02. The van der Waals surface area contributed by atoms with Gasteiger partial charge in [0.1, 0.15) is 6.04 Å². The Labute approximate surface area is 105 Å². The van der Waals surface area contributed by atoms with Gasteiger partial charge in [0, 0.05) is 0 Å². The smallest absolute Gasteiger partial charge is 0.327 e. The third-order valence-corrected chi connectivity index (χ3v) is 4.53. The average Bonchev–Trinajstić information content (AvgIpc) is 3.10. The van der Waals surface area contributed by atoms with Gasteiger partial charge in [-0.05, 0) is 25.2 Å². The summed E-state index contributed by atoms with van der Waals surface area (Å²) in [6, 6.07) is -0.918. The van der Waals surface area contributed by atoms with Gasteiger partial charge in [0.2, 0.25) is 11.8 Å². The van der Waals surface area contributed by atoms with Crippen molar-refractivity contribution in [3.05, 3.63) is 0 Å². The van der Waals surface area contributed by atoms with E-state index in [-0.39, 0.29) is 29.6 Å². The van der Waals surface area contributed by atoms with Gasteiger partial charge < -0.3 is 5.11 Å². The van der Waals surface area contributed by atoms with Crippen LogP contribution < -0.4 is 0 Å². The molecule has 0 aromatic heterocycles. The number of carboxylic acid groups (broad SMARTS) is 1. The topological polar surface area (TPSA) is 74.7 Å². The summed E-state index contributed by atoms with van der Waals surface area (Å²) in [6.07, 6.45) is 5.36. The maximum Gasteiger partial charge on any atom is 0.327 e. The molecule has 98 valence electrons. The predicted molar refractivity (Wildman–Crippen MR) is 61.4 cm³/mol. The molecule has 5 heteroatoms. The highest BCUT2D eigenvalue weighted by molar-refractivity contribution is 6.11. The SMILES string of the molecule is O=C(O)C(C1CCCCC1)N1C(=O)C2CC2C1=O. The van der Waals surface area contributed by atoms with E-state index >= 15 is 0 Å². The molecule has 3 fully saturated rings. The lowest BCUT2D eigenvalue weighted by Crippen LogP contribution is -2.51. The molecule has 3 atom stereocenters. The van der Waals surface area contributed by atoms with Crippen LogP contribution in [0, 0.1) is 17.8 Å². The number of rotatable bonds is 3. The number of amides is 2. The molecule has 1 saturated heterocycles. The number of carbonyl (C=O) groups is 3. The van der Waals surface area contributed by atoms with Crippen LogP contribution in [0.4, 0.5) is 0 Å². The monoisotopic (exact) mass is 251 g/mol. The lowest BCUT2D eigenvalue weighted by Gasteiger charge is -2.33. The zero-order chi connectivity index (χ0) is 12.9. The van der Waals surface area contributed by atoms with Gasteiger partial charge in [-0.15, -0.1) is 0 Å². The van der Waals surface area contributed by atoms with Crippen LogP contribution in [0.2, 0.25) is 0 Å². The average molecular weight is 251 g/mol. The molecule has 0 spiro atoms. The van der Waals surface area contributed by atoms with Crippen molar-refractivity contribution in [2.75, 3.05) is 0 Å². The summed E-state index contributed by atoms with van der Waals surface area (Å²) in [5.41, 5.74) is 0. The van der Waals surface area contributed by atoms with Crippen molar-refractivity contribution in [3.8, 4) is 0 Å². The molecule has 1 N–H and O–H groups in total. The van der Waals surface area contributed by atoms with Crippen LogP contribution in [0.5, 0.6) is 0 Å². The molecule has 3 unspecified atom stereocenters. The highest BCUT2D eigenvalue weighted by Gasteiger charge is 2.61. The zero-order valence-electron chi connectivity index (χ0n) is 10.2. The molecule has 1 heterocycles. The van der Waals surface area contributed by atoms with Crippen molar-refractivity contribution in [2.45, 2.75) is 44.6 Å². The van der Waals surface area contributed by atoms with E-state index in [1.54, 1.807) is 0 Å². The molecular formula is C13H17NO4. The quantitative estimate of drug-likeness (QED) is 0.760. The third kappa shape index (κ3) is 1.64. The fourth-order valence-corrected chi connectivity index (χ4v) is 3.45. The number of likely N-dealkylation sites (tertiary alicyclic amines) is 1. The van der Waals surface area contributed by atoms with Crippen molar-refractivity contribution in [1.29, 1.82) is 0 Å². The number of aliphatic carboxylic acids is 1. The molecule has 0 aromatic carbocycles. The van der Waals surface area contributed by atoms with E-state index in [0.717, 1.165) is 37.0 Å². The molecule has 3 rings (SSSR count). The highest BCUT2D eigenvalue weighted by atomic mass is 16.4. The van der Waals surface area contributed by atoms with Gasteiger partial charge in [-0.1, -0.05) is 19.3 Å². The molecule has 5 nitrogen and oxygen atoms in total. The van der Waals surface area contributed by atoms with E-state index in [9.17, 15) is 19.5 Å². The van der Waals surface area contributed by atoms with Crippen molar-refractivity contribution < 1.29 is 19.5 Å². The number of nitrogens with zero attached hydrogens (tertiary/aromatic N) is 1. The molecular weight excluding hydrogens is 234 g/mol. The van der Waals surface area contributed by atoms with Crippen molar-refractivity contribution >= 4 is 17.8 Å². The third-order valence-electron chi connectivity index (χ3n) is 4.53. The van der Waals surface area contributed by atoms with Crippen LogP contribution in [0.3, 0.4) is 0 Å². The summed E-state index contributed by atoms with van der Waals surface area (Å²) in [6.45, 7) is 0. The van der Waals surface area contributed by atoms with Gasteiger partial charge in [0.05, 0.1) is 11.8 Å². The largest absolute Gasteiger partial charge is 0.480 e. The predicted octanol–water partition coefficient (Wildman–Crippen LogP) is 1.02. The summed E-state index contributed by atoms with van der Waals surface area (Å²) in [5.74, 6) is -1.98. The van der Waals surface area contributed by atoms with Crippen molar-refractivity contribution in [1.82, 2.24) is 4.90 Å². The number of hydrogen-bond donors (Lipinski definition) is 1. The Morgan fingerprint density at radius 1 is 1.11 bits per heavy atom. The van der Waals surface area contributed by atoms with Crippen LogP contribution in [-0.4, -0.2) is 33.8 Å². The second-order valence-electron chi connectivity index (χ2n) is 5.68. The van der Waals surface area contributed by atoms with Crippen molar-refractivity contribution in [3.63, 3.8) is 0 Å². The Morgan fingerprint density at radius 3 is 2.17 bits per heavy atom. The number of piperidine rings is 1. The van der Waals surface area contributed by atoms with Crippen molar-refractivity contribution in [2.24, 2.45) is 17.8 Å². The highest BCUT2D eigenvalue weighted by Crippen LogP contribution is 2.48. The van der Waals surface area contributed by atoms with Crippen LogP contribution in [-0.2, 0) is 14.4 Å². The summed E-state index contributed by atoms with van der Waals surface area (Å²) in [7, 11) is 0. The minimum Gasteiger partial charge on any atom is -0.480 e. The van der Waals surface area contributed by atoms with Gasteiger partial charge in [-0.25, -0.2) is 4.79 Å². The standard InChI is InChI=1S/C13H17NO4/c15-11-8-6-9(8)12(16)14(11)10(13(17)18)7-4-2-1-3-5-7/h7-10H,1-6H2,(H,17,18). The molecule has 18 heavy (non-hydrogen) atoms. The van der Waals surface area contributed by atoms with Crippen LogP contribution >= 0.6 is 0 Å². The van der Waals surface area contributed by atoms with E-state index in [1.165, 1.54) is 0 Å².